The fourth-order valence-corrected chi connectivity index (χ4v) is 10.5. The molecule has 4 heterocycles. The topological polar surface area (TPSA) is 288 Å². The van der Waals surface area contributed by atoms with Gasteiger partial charge in [-0.25, -0.2) is 4.39 Å². The molecule has 5 aliphatic rings. The average Bonchev–Trinajstić information content (AvgIpc) is 3.81. The number of piperidine rings is 1. The van der Waals surface area contributed by atoms with Crippen molar-refractivity contribution in [3.8, 4) is 17.2 Å². The monoisotopic (exact) mass is 1180 g/mol. The van der Waals surface area contributed by atoms with Gasteiger partial charge in [-0.1, -0.05) is 63.5 Å². The number of ether oxygens (including phenoxy) is 8. The number of nitrogens with zero attached hydrogens (tertiary/aromatic N) is 1. The molecule has 0 radical (unpaired) electrons. The number of unbranched alkanes of at least 4 members (excludes halogenated alkanes) is 9. The van der Waals surface area contributed by atoms with Crippen LogP contribution in [0.4, 0.5) is 4.39 Å². The molecular formula is C49H85Cl6FN6O12. The van der Waals surface area contributed by atoms with Crippen molar-refractivity contribution in [2.75, 3.05) is 52.8 Å². The minimum atomic E-state index is -1.42. The van der Waals surface area contributed by atoms with E-state index in [9.17, 15) is 24.8 Å². The summed E-state index contributed by atoms with van der Waals surface area (Å²) in [5.74, 6) is 2.53. The number of halogens is 7. The van der Waals surface area contributed by atoms with E-state index in [1.165, 1.54) is 25.7 Å². The van der Waals surface area contributed by atoms with Crippen LogP contribution in [0.5, 0.6) is 17.2 Å². The Morgan fingerprint density at radius 2 is 1.26 bits per heavy atom. The molecule has 7 rings (SSSR count). The van der Waals surface area contributed by atoms with E-state index in [1.807, 2.05) is 30.3 Å². The second kappa shape index (κ2) is 35.5. The van der Waals surface area contributed by atoms with Gasteiger partial charge < -0.3 is 91.9 Å². The van der Waals surface area contributed by atoms with Gasteiger partial charge in [0.15, 0.2) is 24.1 Å². The largest absolute Gasteiger partial charge is 0.493 e. The summed E-state index contributed by atoms with van der Waals surface area (Å²) in [6.07, 6.45) is 2.37. The molecule has 432 valence electrons. The first kappa shape index (κ1) is 70.9. The second-order valence-electron chi connectivity index (χ2n) is 19.5. The Bertz CT molecular complexity index is 1820. The quantitative estimate of drug-likeness (QED) is 0.0666. The third-order valence-corrected chi connectivity index (χ3v) is 14.5. The lowest BCUT2D eigenvalue weighted by atomic mass is 9.80. The van der Waals surface area contributed by atoms with Crippen LogP contribution in [-0.2, 0) is 23.7 Å². The third kappa shape index (κ3) is 19.3. The first-order valence-electron chi connectivity index (χ1n) is 25.0. The van der Waals surface area contributed by atoms with E-state index >= 15 is 0 Å². The molecule has 3 saturated heterocycles. The van der Waals surface area contributed by atoms with Gasteiger partial charge in [-0.2, -0.15) is 0 Å². The van der Waals surface area contributed by atoms with Gasteiger partial charge in [0.2, 0.25) is 6.79 Å². The Kier molecular flexibility index (Phi) is 34.0. The minimum Gasteiger partial charge on any atom is -0.493 e. The van der Waals surface area contributed by atoms with Crippen molar-refractivity contribution in [3.63, 3.8) is 0 Å². The molecule has 74 heavy (non-hydrogen) atoms. The van der Waals surface area contributed by atoms with Crippen molar-refractivity contribution in [2.45, 2.75) is 175 Å². The minimum absolute atomic E-state index is 0. The van der Waals surface area contributed by atoms with E-state index in [0.717, 1.165) is 81.6 Å². The van der Waals surface area contributed by atoms with Gasteiger partial charge in [0.1, 0.15) is 48.2 Å². The number of aliphatic hydroxyl groups excluding tert-OH is 4. The molecule has 0 amide bonds. The highest BCUT2D eigenvalue weighted by Gasteiger charge is 2.51. The van der Waals surface area contributed by atoms with Crippen LogP contribution < -0.4 is 42.9 Å². The lowest BCUT2D eigenvalue weighted by Gasteiger charge is -2.49. The zero-order chi connectivity index (χ0) is 48.2. The zero-order valence-corrected chi connectivity index (χ0v) is 46.7. The third-order valence-electron chi connectivity index (χ3n) is 14.5. The highest BCUT2D eigenvalue weighted by molar-refractivity contribution is 5.86. The molecule has 16 atom stereocenters. The number of rotatable bonds is 24. The maximum Gasteiger partial charge on any atom is 0.231 e. The summed E-state index contributed by atoms with van der Waals surface area (Å²) < 4.78 is 62.1. The normalized spacial score (nSPS) is 32.5. The van der Waals surface area contributed by atoms with E-state index in [2.05, 4.69) is 4.90 Å². The van der Waals surface area contributed by atoms with Crippen molar-refractivity contribution in [1.82, 2.24) is 4.90 Å². The smallest absolute Gasteiger partial charge is 0.231 e. The molecule has 2 aromatic rings. The molecule has 1 aliphatic carbocycles. The average molecular weight is 1180 g/mol. The molecule has 2 aromatic carbocycles. The fraction of sp³-hybridized carbons (Fsp3) is 0.755. The highest BCUT2D eigenvalue weighted by atomic mass is 35.5. The number of fused-ring (bicyclic) bond motifs is 1. The first-order valence-corrected chi connectivity index (χ1v) is 25.0. The van der Waals surface area contributed by atoms with Crippen molar-refractivity contribution in [2.24, 2.45) is 34.6 Å². The summed E-state index contributed by atoms with van der Waals surface area (Å²) in [4.78, 5) is 2.56. The van der Waals surface area contributed by atoms with E-state index in [4.69, 9.17) is 66.6 Å². The summed E-state index contributed by atoms with van der Waals surface area (Å²) in [7, 11) is 0. The van der Waals surface area contributed by atoms with Gasteiger partial charge in [0.05, 0.1) is 37.5 Å². The molecule has 1 saturated carbocycles. The molecule has 18 nitrogen and oxygen atoms in total. The molecular weight excluding hydrogens is 1100 g/mol. The summed E-state index contributed by atoms with van der Waals surface area (Å²) in [6.45, 7) is 3.67. The van der Waals surface area contributed by atoms with Crippen LogP contribution in [0.1, 0.15) is 95.0 Å². The Labute approximate surface area is 473 Å². The van der Waals surface area contributed by atoms with E-state index in [0.29, 0.717) is 24.9 Å². The van der Waals surface area contributed by atoms with Gasteiger partial charge in [-0.3, -0.25) is 0 Å². The van der Waals surface area contributed by atoms with Gasteiger partial charge in [0.25, 0.3) is 0 Å². The van der Waals surface area contributed by atoms with Crippen LogP contribution in [0.3, 0.4) is 0 Å². The maximum atomic E-state index is 13.8. The SMILES string of the molecule is Cl.Cl.Cl.Cl.Cl.Cl.NC[C@H]1O[C@H](O[C@H]2[C@H](OCCCCCCCCCCCCN3CC[C@@H](c4ccc(F)cc4)[C@H](COc4ccc5c(c4)OCO5)C3)[C@@H](O[C@H]3O[C@H](CO)[C@@H](O)[C@H](N)[C@H]3O)[C@H](N)C[C@@H]2N)[C@H](N)C[C@@H]1O. The van der Waals surface area contributed by atoms with Gasteiger partial charge in [-0.05, 0) is 80.9 Å². The molecule has 14 N–H and O–H groups in total. The zero-order valence-electron chi connectivity index (χ0n) is 41.8. The van der Waals surface area contributed by atoms with Crippen molar-refractivity contribution in [3.05, 3.63) is 53.8 Å². The van der Waals surface area contributed by atoms with Crippen LogP contribution >= 0.6 is 74.4 Å². The summed E-state index contributed by atoms with van der Waals surface area (Å²) >= 11 is 0. The lowest BCUT2D eigenvalue weighted by Crippen LogP contribution is -2.68. The van der Waals surface area contributed by atoms with Gasteiger partial charge >= 0.3 is 0 Å². The lowest BCUT2D eigenvalue weighted by molar-refractivity contribution is -0.318. The number of benzene rings is 2. The van der Waals surface area contributed by atoms with Crippen LogP contribution in [0.25, 0.3) is 0 Å². The van der Waals surface area contributed by atoms with Crippen LogP contribution in [0.15, 0.2) is 42.5 Å². The molecule has 4 fully saturated rings. The molecule has 0 unspecified atom stereocenters. The molecule has 0 spiro atoms. The van der Waals surface area contributed by atoms with Crippen molar-refractivity contribution >= 4 is 74.4 Å². The Morgan fingerprint density at radius 3 is 1.89 bits per heavy atom. The van der Waals surface area contributed by atoms with E-state index in [1.54, 1.807) is 12.1 Å². The molecule has 25 heteroatoms. The number of aliphatic hydroxyl groups is 4. The number of likely N-dealkylation sites (tertiary alicyclic amines) is 1. The van der Waals surface area contributed by atoms with Crippen LogP contribution in [0.2, 0.25) is 0 Å². The summed E-state index contributed by atoms with van der Waals surface area (Å²) in [5.41, 5.74) is 32.8. The maximum absolute atomic E-state index is 13.8. The highest BCUT2D eigenvalue weighted by Crippen LogP contribution is 2.38. The van der Waals surface area contributed by atoms with Gasteiger partial charge in [-0.15, -0.1) is 74.4 Å². The van der Waals surface area contributed by atoms with Crippen LogP contribution in [0, 0.1) is 11.7 Å². The first-order chi connectivity index (χ1) is 32.9. The number of hydrogen-bond acceptors (Lipinski definition) is 18. The Hall–Kier alpha value is -1.09. The van der Waals surface area contributed by atoms with Crippen LogP contribution in [-0.4, -0.2) is 164 Å². The Balaban J connectivity index is 0.00000456. The molecule has 4 aliphatic heterocycles. The summed E-state index contributed by atoms with van der Waals surface area (Å²) in [5, 5.41) is 41.6. The van der Waals surface area contributed by atoms with Gasteiger partial charge in [0, 0.05) is 43.8 Å². The van der Waals surface area contributed by atoms with E-state index in [-0.39, 0.29) is 112 Å². The predicted octanol–water partition coefficient (Wildman–Crippen LogP) is 4.21. The second-order valence-corrected chi connectivity index (χ2v) is 19.5. The van der Waals surface area contributed by atoms with Crippen molar-refractivity contribution in [1.29, 1.82) is 0 Å². The van der Waals surface area contributed by atoms with E-state index < -0.39 is 92.2 Å². The molecule has 0 aromatic heterocycles. The number of hydrogen-bond donors (Lipinski definition) is 9. The Morgan fingerprint density at radius 1 is 0.662 bits per heavy atom. The number of nitrogens with two attached hydrogens (primary N) is 5. The van der Waals surface area contributed by atoms with Crippen molar-refractivity contribution < 1.29 is 62.7 Å². The predicted molar refractivity (Wildman–Crippen MR) is 294 cm³/mol. The molecule has 0 bridgehead atoms. The standard InChI is InChI=1S/C49H79FN6O12.6ClH/c50-31-13-11-29(12-14-31)33-17-19-56(25-30(33)27-62-32-15-16-38-39(21-32)64-28-63-38)18-9-7-5-3-1-2-4-6-8-10-20-61-47-45(67-48-36(54)23-37(58)40(24-51)65-48)34(52)22-35(53)46(47)68-49-44(60)42(55)43(59)41(26-57)66-49;;;;;;/h11-16,21,30,33-37,40-49,57-60H,1-10,17-20,22-28,51-55H2;6*1H/t30-,33-,34-,35+,36+,37-,40+,41+,42-,43+,44+,45+,46-,47-,48+,49+;;;;;;/m0....../s1. The fourth-order valence-electron chi connectivity index (χ4n) is 10.5. The summed E-state index contributed by atoms with van der Waals surface area (Å²) in [6, 6.07) is 9.57.